The molecule has 1 atom stereocenters. The lowest BCUT2D eigenvalue weighted by atomic mass is 9.97. The van der Waals surface area contributed by atoms with Crippen LogP contribution in [0.1, 0.15) is 17.2 Å². The van der Waals surface area contributed by atoms with Gasteiger partial charge in [0.05, 0.1) is 0 Å². The molecule has 2 rings (SSSR count). The zero-order valence-electron chi connectivity index (χ0n) is 11.1. The zero-order valence-corrected chi connectivity index (χ0v) is 11.1. The van der Waals surface area contributed by atoms with Gasteiger partial charge in [-0.25, -0.2) is 22.0 Å². The van der Waals surface area contributed by atoms with E-state index in [4.69, 9.17) is 0 Å². The summed E-state index contributed by atoms with van der Waals surface area (Å²) in [5, 5.41) is 2.65. The van der Waals surface area contributed by atoms with Crippen LogP contribution in [-0.2, 0) is 6.42 Å². The van der Waals surface area contributed by atoms with Crippen molar-refractivity contribution in [2.24, 2.45) is 0 Å². The van der Waals surface area contributed by atoms with Gasteiger partial charge >= 0.3 is 0 Å². The van der Waals surface area contributed by atoms with E-state index in [1.807, 2.05) is 0 Å². The van der Waals surface area contributed by atoms with Crippen LogP contribution in [0.5, 0.6) is 0 Å². The Bertz CT molecular complexity index is 637. The van der Waals surface area contributed by atoms with Crippen molar-refractivity contribution in [3.05, 3.63) is 70.5 Å². The highest BCUT2D eigenvalue weighted by atomic mass is 19.2. The van der Waals surface area contributed by atoms with Crippen molar-refractivity contribution in [2.75, 3.05) is 7.05 Å². The molecule has 0 bridgehead atoms. The predicted molar refractivity (Wildman–Crippen MR) is 68.2 cm³/mol. The average molecular weight is 301 g/mol. The third kappa shape index (κ3) is 3.05. The third-order valence-electron chi connectivity index (χ3n) is 3.26. The molecule has 0 heterocycles. The van der Waals surface area contributed by atoms with Crippen molar-refractivity contribution < 1.29 is 22.0 Å². The Hall–Kier alpha value is -1.95. The van der Waals surface area contributed by atoms with E-state index < -0.39 is 35.1 Å². The summed E-state index contributed by atoms with van der Waals surface area (Å²) >= 11 is 0. The summed E-state index contributed by atoms with van der Waals surface area (Å²) in [4.78, 5) is 0. The second-order valence-corrected chi connectivity index (χ2v) is 4.51. The molecule has 0 saturated carbocycles. The minimum atomic E-state index is -1.61. The highest BCUT2D eigenvalue weighted by molar-refractivity contribution is 5.28. The first kappa shape index (κ1) is 15.4. The van der Waals surface area contributed by atoms with Crippen LogP contribution in [-0.4, -0.2) is 7.05 Å². The summed E-state index contributed by atoms with van der Waals surface area (Å²) in [6.07, 6.45) is -0.239. The SMILES string of the molecule is CNC(Cc1c(F)cccc1F)c1ccc(F)c(F)c1F. The van der Waals surface area contributed by atoms with Gasteiger partial charge in [-0.05, 0) is 31.7 Å². The number of rotatable bonds is 4. The lowest BCUT2D eigenvalue weighted by Gasteiger charge is -2.18. The molecule has 112 valence electrons. The van der Waals surface area contributed by atoms with Crippen molar-refractivity contribution >= 4 is 0 Å². The monoisotopic (exact) mass is 301 g/mol. The first-order chi connectivity index (χ1) is 9.95. The first-order valence-corrected chi connectivity index (χ1v) is 6.19. The number of nitrogens with one attached hydrogen (secondary N) is 1. The second-order valence-electron chi connectivity index (χ2n) is 4.51. The van der Waals surface area contributed by atoms with E-state index in [0.717, 1.165) is 24.3 Å². The molecule has 1 unspecified atom stereocenters. The number of halogens is 5. The van der Waals surface area contributed by atoms with Crippen molar-refractivity contribution in [3.63, 3.8) is 0 Å². The third-order valence-corrected chi connectivity index (χ3v) is 3.26. The molecular weight excluding hydrogens is 289 g/mol. The molecule has 0 aromatic heterocycles. The summed E-state index contributed by atoms with van der Waals surface area (Å²) in [5.41, 5.74) is -0.444. The molecular formula is C15H12F5N. The fourth-order valence-electron chi connectivity index (χ4n) is 2.11. The van der Waals surface area contributed by atoms with Crippen molar-refractivity contribution in [3.8, 4) is 0 Å². The minimum Gasteiger partial charge on any atom is -0.313 e. The number of benzene rings is 2. The Morgan fingerprint density at radius 1 is 0.857 bits per heavy atom. The van der Waals surface area contributed by atoms with Gasteiger partial charge in [0.1, 0.15) is 11.6 Å². The smallest absolute Gasteiger partial charge is 0.194 e. The fraction of sp³-hybridized carbons (Fsp3) is 0.200. The molecule has 1 nitrogen and oxygen atoms in total. The van der Waals surface area contributed by atoms with Gasteiger partial charge in [0.15, 0.2) is 17.5 Å². The second kappa shape index (κ2) is 6.22. The highest BCUT2D eigenvalue weighted by Gasteiger charge is 2.22. The van der Waals surface area contributed by atoms with Crippen LogP contribution >= 0.6 is 0 Å². The van der Waals surface area contributed by atoms with E-state index in [1.54, 1.807) is 0 Å². The van der Waals surface area contributed by atoms with Crippen LogP contribution < -0.4 is 5.32 Å². The number of likely N-dealkylation sites (N-methyl/N-ethyl adjacent to an activating group) is 1. The predicted octanol–water partition coefficient (Wildman–Crippen LogP) is 3.89. The maximum atomic E-state index is 13.8. The topological polar surface area (TPSA) is 12.0 Å². The molecule has 0 saturated heterocycles. The lowest BCUT2D eigenvalue weighted by molar-refractivity contribution is 0.425. The molecule has 21 heavy (non-hydrogen) atoms. The standard InChI is InChI=1S/C15H12F5N/c1-21-13(7-9-10(16)3-2-4-11(9)17)8-5-6-12(18)15(20)14(8)19/h2-6,13,21H,7H2,1H3. The lowest BCUT2D eigenvalue weighted by Crippen LogP contribution is -2.22. The molecule has 0 aliphatic heterocycles. The molecule has 2 aromatic rings. The minimum absolute atomic E-state index is 0.195. The molecule has 0 aliphatic carbocycles. The van der Waals surface area contributed by atoms with E-state index >= 15 is 0 Å². The zero-order chi connectivity index (χ0) is 15.6. The Labute approximate surface area is 118 Å². The molecule has 6 heteroatoms. The molecule has 0 aliphatic rings. The first-order valence-electron chi connectivity index (χ1n) is 6.19. The van der Waals surface area contributed by atoms with Gasteiger partial charge in [0, 0.05) is 17.2 Å². The highest BCUT2D eigenvalue weighted by Crippen LogP contribution is 2.26. The Kier molecular flexibility index (Phi) is 4.57. The van der Waals surface area contributed by atoms with Crippen LogP contribution in [0, 0.1) is 29.1 Å². The van der Waals surface area contributed by atoms with Crippen LogP contribution in [0.4, 0.5) is 22.0 Å². The largest absolute Gasteiger partial charge is 0.313 e. The Balaban J connectivity index is 2.40. The van der Waals surface area contributed by atoms with Gasteiger partial charge in [0.2, 0.25) is 0 Å². The Morgan fingerprint density at radius 2 is 1.48 bits per heavy atom. The summed E-state index contributed by atoms with van der Waals surface area (Å²) in [6, 6.07) is 4.29. The van der Waals surface area contributed by atoms with Gasteiger partial charge in [-0.1, -0.05) is 12.1 Å². The van der Waals surface area contributed by atoms with Gasteiger partial charge in [-0.3, -0.25) is 0 Å². The van der Waals surface area contributed by atoms with E-state index in [2.05, 4.69) is 5.32 Å². The van der Waals surface area contributed by atoms with Gasteiger partial charge in [-0.2, -0.15) is 0 Å². The van der Waals surface area contributed by atoms with E-state index in [1.165, 1.54) is 13.1 Å². The summed E-state index contributed by atoms with van der Waals surface area (Å²) in [6.45, 7) is 0. The fourth-order valence-corrected chi connectivity index (χ4v) is 2.11. The molecule has 1 N–H and O–H groups in total. The van der Waals surface area contributed by atoms with Crippen LogP contribution in [0.2, 0.25) is 0 Å². The number of hydrogen-bond donors (Lipinski definition) is 1. The van der Waals surface area contributed by atoms with E-state index in [9.17, 15) is 22.0 Å². The molecule has 0 spiro atoms. The van der Waals surface area contributed by atoms with Gasteiger partial charge in [0.25, 0.3) is 0 Å². The van der Waals surface area contributed by atoms with Crippen LogP contribution in [0.3, 0.4) is 0 Å². The Morgan fingerprint density at radius 3 is 2.05 bits per heavy atom. The average Bonchev–Trinajstić information content (AvgIpc) is 2.46. The quantitative estimate of drug-likeness (QED) is 0.667. The van der Waals surface area contributed by atoms with Crippen molar-refractivity contribution in [2.45, 2.75) is 12.5 Å². The van der Waals surface area contributed by atoms with Crippen LogP contribution in [0.25, 0.3) is 0 Å². The van der Waals surface area contributed by atoms with Crippen molar-refractivity contribution in [1.82, 2.24) is 5.32 Å². The maximum Gasteiger partial charge on any atom is 0.194 e. The summed E-state index contributed by atoms with van der Waals surface area (Å²) < 4.78 is 67.2. The van der Waals surface area contributed by atoms with E-state index in [-0.39, 0.29) is 17.5 Å². The normalized spacial score (nSPS) is 12.5. The maximum absolute atomic E-state index is 13.8. The van der Waals surface area contributed by atoms with Gasteiger partial charge in [-0.15, -0.1) is 0 Å². The summed E-state index contributed by atoms with van der Waals surface area (Å²) in [7, 11) is 1.43. The molecule has 0 amide bonds. The van der Waals surface area contributed by atoms with Crippen molar-refractivity contribution in [1.29, 1.82) is 0 Å². The molecule has 2 aromatic carbocycles. The summed E-state index contributed by atoms with van der Waals surface area (Å²) in [5.74, 6) is -5.85. The molecule has 0 fully saturated rings. The van der Waals surface area contributed by atoms with Gasteiger partial charge < -0.3 is 5.32 Å². The van der Waals surface area contributed by atoms with Crippen LogP contribution in [0.15, 0.2) is 30.3 Å². The van der Waals surface area contributed by atoms with E-state index in [0.29, 0.717) is 0 Å². The number of hydrogen-bond acceptors (Lipinski definition) is 1. The molecule has 0 radical (unpaired) electrons.